The lowest BCUT2D eigenvalue weighted by atomic mass is 10.1. The zero-order valence-electron chi connectivity index (χ0n) is 8.26. The fourth-order valence-electron chi connectivity index (χ4n) is 1.78. The summed E-state index contributed by atoms with van der Waals surface area (Å²) < 4.78 is 5.17. The summed E-state index contributed by atoms with van der Waals surface area (Å²) in [6.07, 6.45) is 0. The maximum absolute atomic E-state index is 11.1. The number of morpholine rings is 1. The molecule has 14 heavy (non-hydrogen) atoms. The van der Waals surface area contributed by atoms with Gasteiger partial charge in [-0.2, -0.15) is 5.10 Å². The molecule has 1 atom stereocenters. The van der Waals surface area contributed by atoms with Crippen LogP contribution in [-0.2, 0) is 9.53 Å². The Hall–Kier alpha value is -1.36. The molecule has 2 rings (SSSR count). The van der Waals surface area contributed by atoms with Crippen LogP contribution in [0.1, 0.15) is 23.0 Å². The van der Waals surface area contributed by atoms with E-state index in [1.165, 1.54) is 0 Å². The van der Waals surface area contributed by atoms with E-state index < -0.39 is 0 Å². The molecule has 0 bridgehead atoms. The molecule has 0 saturated carbocycles. The minimum absolute atomic E-state index is 0.0602. The topological polar surface area (TPSA) is 67.0 Å². The number of aryl methyl sites for hydroxylation is 2. The van der Waals surface area contributed by atoms with E-state index in [0.717, 1.165) is 17.0 Å². The highest BCUT2D eigenvalue weighted by atomic mass is 16.5. The molecule has 0 aliphatic carbocycles. The van der Waals surface area contributed by atoms with Gasteiger partial charge in [0.1, 0.15) is 6.61 Å². The maximum atomic E-state index is 11.1. The van der Waals surface area contributed by atoms with E-state index in [2.05, 4.69) is 15.5 Å². The zero-order valence-corrected chi connectivity index (χ0v) is 8.26. The summed E-state index contributed by atoms with van der Waals surface area (Å²) >= 11 is 0. The summed E-state index contributed by atoms with van der Waals surface area (Å²) in [7, 11) is 0. The number of aromatic amines is 1. The van der Waals surface area contributed by atoms with Gasteiger partial charge in [-0.05, 0) is 13.8 Å². The molecule has 1 unspecified atom stereocenters. The number of hydrogen-bond donors (Lipinski definition) is 2. The standard InChI is InChI=1S/C9H13N3O2/c1-5-9(6(2)12-11-5)7-3-14-4-8(13)10-7/h7H,3-4H2,1-2H3,(H,10,13)(H,11,12). The van der Waals surface area contributed by atoms with E-state index in [-0.39, 0.29) is 18.6 Å². The van der Waals surface area contributed by atoms with Crippen LogP contribution in [0, 0.1) is 13.8 Å². The average Bonchev–Trinajstić information content (AvgIpc) is 2.46. The largest absolute Gasteiger partial charge is 0.369 e. The summed E-state index contributed by atoms with van der Waals surface area (Å²) in [4.78, 5) is 11.1. The second-order valence-corrected chi connectivity index (χ2v) is 3.48. The van der Waals surface area contributed by atoms with Gasteiger partial charge in [-0.1, -0.05) is 0 Å². The van der Waals surface area contributed by atoms with Gasteiger partial charge in [-0.3, -0.25) is 9.89 Å². The lowest BCUT2D eigenvalue weighted by molar-refractivity contribution is -0.131. The minimum atomic E-state index is -0.0683. The Morgan fingerprint density at radius 3 is 2.86 bits per heavy atom. The summed E-state index contributed by atoms with van der Waals surface area (Å²) in [6.45, 7) is 4.54. The van der Waals surface area contributed by atoms with Crippen LogP contribution in [0.3, 0.4) is 0 Å². The third-order valence-electron chi connectivity index (χ3n) is 2.39. The molecule has 1 saturated heterocycles. The molecule has 5 nitrogen and oxygen atoms in total. The minimum Gasteiger partial charge on any atom is -0.369 e. The van der Waals surface area contributed by atoms with Crippen molar-refractivity contribution in [2.45, 2.75) is 19.9 Å². The van der Waals surface area contributed by atoms with Gasteiger partial charge in [0, 0.05) is 11.3 Å². The van der Waals surface area contributed by atoms with Crippen molar-refractivity contribution in [2.75, 3.05) is 13.2 Å². The first-order valence-electron chi connectivity index (χ1n) is 4.57. The third-order valence-corrected chi connectivity index (χ3v) is 2.39. The molecular formula is C9H13N3O2. The van der Waals surface area contributed by atoms with Gasteiger partial charge < -0.3 is 10.1 Å². The Morgan fingerprint density at radius 2 is 2.29 bits per heavy atom. The normalized spacial score (nSPS) is 22.1. The third kappa shape index (κ3) is 1.50. The smallest absolute Gasteiger partial charge is 0.246 e. The van der Waals surface area contributed by atoms with Crippen LogP contribution in [0.15, 0.2) is 0 Å². The van der Waals surface area contributed by atoms with Gasteiger partial charge >= 0.3 is 0 Å². The molecule has 5 heteroatoms. The quantitative estimate of drug-likeness (QED) is 0.673. The van der Waals surface area contributed by atoms with Gasteiger partial charge in [0.2, 0.25) is 5.91 Å². The average molecular weight is 195 g/mol. The van der Waals surface area contributed by atoms with E-state index in [1.807, 2.05) is 13.8 Å². The number of carbonyl (C=O) groups excluding carboxylic acids is 1. The lowest BCUT2D eigenvalue weighted by Crippen LogP contribution is -2.40. The number of hydrogen-bond acceptors (Lipinski definition) is 3. The molecule has 2 N–H and O–H groups in total. The first kappa shape index (κ1) is 9.21. The van der Waals surface area contributed by atoms with Crippen molar-refractivity contribution < 1.29 is 9.53 Å². The Labute approximate surface area is 81.8 Å². The molecule has 0 aromatic carbocycles. The SMILES string of the molecule is Cc1n[nH]c(C)c1C1COCC(=O)N1. The van der Waals surface area contributed by atoms with Crippen LogP contribution in [0.5, 0.6) is 0 Å². The fourth-order valence-corrected chi connectivity index (χ4v) is 1.78. The predicted octanol–water partition coefficient (Wildman–Crippen LogP) is 0.214. The van der Waals surface area contributed by atoms with Crippen molar-refractivity contribution in [3.8, 4) is 0 Å². The van der Waals surface area contributed by atoms with Crippen LogP contribution in [-0.4, -0.2) is 29.3 Å². The second kappa shape index (κ2) is 3.42. The number of nitrogens with zero attached hydrogens (tertiary/aromatic N) is 1. The highest BCUT2D eigenvalue weighted by molar-refractivity contribution is 5.78. The summed E-state index contributed by atoms with van der Waals surface area (Å²) in [5.74, 6) is -0.0683. The summed E-state index contributed by atoms with van der Waals surface area (Å²) in [5.41, 5.74) is 2.94. The van der Waals surface area contributed by atoms with Crippen LogP contribution < -0.4 is 5.32 Å². The molecule has 1 fully saturated rings. The van der Waals surface area contributed by atoms with Gasteiger partial charge in [-0.25, -0.2) is 0 Å². The first-order valence-corrected chi connectivity index (χ1v) is 4.57. The van der Waals surface area contributed by atoms with Crippen molar-refractivity contribution in [1.29, 1.82) is 0 Å². The molecule has 1 aromatic rings. The number of aromatic nitrogens is 2. The van der Waals surface area contributed by atoms with Crippen molar-refractivity contribution in [3.63, 3.8) is 0 Å². The summed E-state index contributed by atoms with van der Waals surface area (Å²) in [5, 5.41) is 9.85. The van der Waals surface area contributed by atoms with E-state index in [9.17, 15) is 4.79 Å². The number of amides is 1. The van der Waals surface area contributed by atoms with Crippen LogP contribution in [0.4, 0.5) is 0 Å². The Morgan fingerprint density at radius 1 is 1.50 bits per heavy atom. The number of carbonyl (C=O) groups is 1. The molecule has 2 heterocycles. The predicted molar refractivity (Wildman–Crippen MR) is 49.8 cm³/mol. The van der Waals surface area contributed by atoms with E-state index in [4.69, 9.17) is 4.74 Å². The molecule has 1 amide bonds. The van der Waals surface area contributed by atoms with Crippen LogP contribution >= 0.6 is 0 Å². The lowest BCUT2D eigenvalue weighted by Gasteiger charge is -2.23. The number of rotatable bonds is 1. The monoisotopic (exact) mass is 195 g/mol. The van der Waals surface area contributed by atoms with E-state index in [1.54, 1.807) is 0 Å². The highest BCUT2D eigenvalue weighted by Crippen LogP contribution is 2.21. The molecule has 0 radical (unpaired) electrons. The van der Waals surface area contributed by atoms with Gasteiger partial charge in [0.05, 0.1) is 18.3 Å². The Bertz CT molecular complexity index is 339. The van der Waals surface area contributed by atoms with Crippen molar-refractivity contribution >= 4 is 5.91 Å². The highest BCUT2D eigenvalue weighted by Gasteiger charge is 2.24. The molecule has 76 valence electrons. The van der Waals surface area contributed by atoms with E-state index in [0.29, 0.717) is 6.61 Å². The van der Waals surface area contributed by atoms with Crippen molar-refractivity contribution in [1.82, 2.24) is 15.5 Å². The van der Waals surface area contributed by atoms with Gasteiger partial charge in [0.15, 0.2) is 0 Å². The maximum Gasteiger partial charge on any atom is 0.246 e. The van der Waals surface area contributed by atoms with Gasteiger partial charge in [-0.15, -0.1) is 0 Å². The Kier molecular flexibility index (Phi) is 2.25. The molecule has 0 spiro atoms. The number of H-pyrrole nitrogens is 1. The van der Waals surface area contributed by atoms with E-state index >= 15 is 0 Å². The van der Waals surface area contributed by atoms with Gasteiger partial charge in [0.25, 0.3) is 0 Å². The summed E-state index contributed by atoms with van der Waals surface area (Å²) in [6, 6.07) is -0.0602. The molecule has 1 aliphatic rings. The molecular weight excluding hydrogens is 182 g/mol. The number of nitrogens with one attached hydrogen (secondary N) is 2. The molecule has 1 aliphatic heterocycles. The Balaban J connectivity index is 2.25. The zero-order chi connectivity index (χ0) is 10.1. The van der Waals surface area contributed by atoms with Crippen LogP contribution in [0.25, 0.3) is 0 Å². The number of ether oxygens (including phenoxy) is 1. The van der Waals surface area contributed by atoms with Crippen molar-refractivity contribution in [3.05, 3.63) is 17.0 Å². The van der Waals surface area contributed by atoms with Crippen LogP contribution in [0.2, 0.25) is 0 Å². The fraction of sp³-hybridized carbons (Fsp3) is 0.556. The first-order chi connectivity index (χ1) is 6.68. The molecule has 1 aromatic heterocycles. The second-order valence-electron chi connectivity index (χ2n) is 3.48. The van der Waals surface area contributed by atoms with Crippen molar-refractivity contribution in [2.24, 2.45) is 0 Å².